The summed E-state index contributed by atoms with van der Waals surface area (Å²) in [6, 6.07) is 13.8. The van der Waals surface area contributed by atoms with Gasteiger partial charge < -0.3 is 10.4 Å². The van der Waals surface area contributed by atoms with E-state index in [9.17, 15) is 5.11 Å². The zero-order valence-electron chi connectivity index (χ0n) is 9.57. The van der Waals surface area contributed by atoms with Crippen molar-refractivity contribution in [2.75, 3.05) is 5.32 Å². The number of hydrogen-bond acceptors (Lipinski definition) is 2. The molecule has 0 saturated heterocycles. The fourth-order valence-corrected chi connectivity index (χ4v) is 2.02. The smallest absolute Gasteiger partial charge is 0.120 e. The Morgan fingerprint density at radius 3 is 2.71 bits per heavy atom. The van der Waals surface area contributed by atoms with Crippen molar-refractivity contribution in [2.24, 2.45) is 0 Å². The number of nitrogens with one attached hydrogen (secondary N) is 1. The van der Waals surface area contributed by atoms with Crippen molar-refractivity contribution in [3.8, 4) is 5.75 Å². The van der Waals surface area contributed by atoms with Crippen molar-refractivity contribution in [1.29, 1.82) is 0 Å². The van der Waals surface area contributed by atoms with E-state index < -0.39 is 0 Å². The first-order valence-corrected chi connectivity index (χ1v) is 6.22. The molecule has 0 aromatic heterocycles. The molecule has 0 aliphatic rings. The van der Waals surface area contributed by atoms with Crippen molar-refractivity contribution in [1.82, 2.24) is 0 Å². The molecule has 0 aliphatic carbocycles. The Balaban J connectivity index is 2.05. The molecule has 2 N–H and O–H groups in total. The van der Waals surface area contributed by atoms with Crippen LogP contribution in [0.3, 0.4) is 0 Å². The lowest BCUT2D eigenvalue weighted by Crippen LogP contribution is -1.99. The van der Waals surface area contributed by atoms with Crippen LogP contribution in [-0.2, 0) is 6.54 Å². The summed E-state index contributed by atoms with van der Waals surface area (Å²) in [5, 5.41) is 12.9. The summed E-state index contributed by atoms with van der Waals surface area (Å²) in [7, 11) is 0. The molecule has 2 rings (SSSR count). The number of benzene rings is 2. The van der Waals surface area contributed by atoms with E-state index in [0.29, 0.717) is 5.75 Å². The van der Waals surface area contributed by atoms with Gasteiger partial charge >= 0.3 is 0 Å². The van der Waals surface area contributed by atoms with E-state index in [1.54, 1.807) is 6.07 Å². The van der Waals surface area contributed by atoms with Crippen LogP contribution in [0.15, 0.2) is 46.9 Å². The van der Waals surface area contributed by atoms with Crippen LogP contribution in [0.4, 0.5) is 5.69 Å². The maximum Gasteiger partial charge on any atom is 0.120 e. The van der Waals surface area contributed by atoms with Gasteiger partial charge in [-0.1, -0.05) is 34.1 Å². The van der Waals surface area contributed by atoms with Gasteiger partial charge in [0.2, 0.25) is 0 Å². The van der Waals surface area contributed by atoms with E-state index in [-0.39, 0.29) is 0 Å². The summed E-state index contributed by atoms with van der Waals surface area (Å²) < 4.78 is 1.07. The first kappa shape index (κ1) is 12.0. The standard InChI is InChI=1S/C14H14BrNO/c1-10-5-6-13(8-14(10)17)16-9-11-3-2-4-12(15)7-11/h2-8,16-17H,9H2,1H3. The summed E-state index contributed by atoms with van der Waals surface area (Å²) in [5.74, 6) is 0.323. The third kappa shape index (κ3) is 3.24. The molecule has 0 heterocycles. The zero-order chi connectivity index (χ0) is 12.3. The largest absolute Gasteiger partial charge is 0.508 e. The Hall–Kier alpha value is -1.48. The first-order chi connectivity index (χ1) is 8.15. The van der Waals surface area contributed by atoms with Crippen LogP contribution in [0.5, 0.6) is 5.75 Å². The van der Waals surface area contributed by atoms with Crippen molar-refractivity contribution in [3.63, 3.8) is 0 Å². The van der Waals surface area contributed by atoms with Gasteiger partial charge in [-0.15, -0.1) is 0 Å². The van der Waals surface area contributed by atoms with Gasteiger partial charge in [-0.3, -0.25) is 0 Å². The van der Waals surface area contributed by atoms with Crippen LogP contribution in [0.1, 0.15) is 11.1 Å². The highest BCUT2D eigenvalue weighted by atomic mass is 79.9. The SMILES string of the molecule is Cc1ccc(NCc2cccc(Br)c2)cc1O. The Kier molecular flexibility index (Phi) is 3.69. The molecule has 0 aliphatic heterocycles. The summed E-state index contributed by atoms with van der Waals surface area (Å²) in [6.45, 7) is 2.62. The van der Waals surface area contributed by atoms with Crippen LogP contribution in [0.25, 0.3) is 0 Å². The van der Waals surface area contributed by atoms with Crippen molar-refractivity contribution >= 4 is 21.6 Å². The van der Waals surface area contributed by atoms with Gasteiger partial charge in [0.25, 0.3) is 0 Å². The highest BCUT2D eigenvalue weighted by Crippen LogP contribution is 2.21. The molecule has 0 atom stereocenters. The molecule has 0 spiro atoms. The average Bonchev–Trinajstić information content (AvgIpc) is 2.31. The average molecular weight is 292 g/mol. The van der Waals surface area contributed by atoms with Gasteiger partial charge in [-0.25, -0.2) is 0 Å². The highest BCUT2D eigenvalue weighted by Gasteiger charge is 1.98. The summed E-state index contributed by atoms with van der Waals surface area (Å²) in [4.78, 5) is 0. The van der Waals surface area contributed by atoms with Crippen molar-refractivity contribution in [2.45, 2.75) is 13.5 Å². The molecule has 3 heteroatoms. The van der Waals surface area contributed by atoms with E-state index >= 15 is 0 Å². The first-order valence-electron chi connectivity index (χ1n) is 5.43. The Morgan fingerprint density at radius 1 is 1.18 bits per heavy atom. The number of rotatable bonds is 3. The molecule has 0 amide bonds. The van der Waals surface area contributed by atoms with E-state index in [4.69, 9.17) is 0 Å². The van der Waals surface area contributed by atoms with E-state index in [2.05, 4.69) is 33.4 Å². The third-order valence-electron chi connectivity index (χ3n) is 2.59. The molecule has 88 valence electrons. The molecule has 2 nitrogen and oxygen atoms in total. The number of halogens is 1. The molecule has 0 bridgehead atoms. The zero-order valence-corrected chi connectivity index (χ0v) is 11.2. The van der Waals surface area contributed by atoms with Crippen LogP contribution in [-0.4, -0.2) is 5.11 Å². The minimum absolute atomic E-state index is 0.323. The molecule has 0 fully saturated rings. The van der Waals surface area contributed by atoms with Crippen LogP contribution in [0, 0.1) is 6.92 Å². The lowest BCUT2D eigenvalue weighted by atomic mass is 10.2. The van der Waals surface area contributed by atoms with Gasteiger partial charge in [-0.2, -0.15) is 0 Å². The number of phenols is 1. The fourth-order valence-electron chi connectivity index (χ4n) is 1.57. The molecule has 0 unspecified atom stereocenters. The Bertz CT molecular complexity index is 525. The molecule has 2 aromatic rings. The predicted molar refractivity (Wildman–Crippen MR) is 74.3 cm³/mol. The van der Waals surface area contributed by atoms with Crippen molar-refractivity contribution < 1.29 is 5.11 Å². The molecule has 17 heavy (non-hydrogen) atoms. The lowest BCUT2D eigenvalue weighted by molar-refractivity contribution is 0.471. The Labute approximate surface area is 109 Å². The number of aryl methyl sites for hydroxylation is 1. The van der Waals surface area contributed by atoms with Gasteiger partial charge in [0.15, 0.2) is 0 Å². The Morgan fingerprint density at radius 2 is 2.00 bits per heavy atom. The molecule has 0 radical (unpaired) electrons. The number of phenolic OH excluding ortho intramolecular Hbond substituents is 1. The summed E-state index contributed by atoms with van der Waals surface area (Å²) in [6.07, 6.45) is 0. The second kappa shape index (κ2) is 5.23. The van der Waals surface area contributed by atoms with Crippen LogP contribution < -0.4 is 5.32 Å². The maximum absolute atomic E-state index is 9.59. The van der Waals surface area contributed by atoms with Crippen molar-refractivity contribution in [3.05, 3.63) is 58.1 Å². The van der Waals surface area contributed by atoms with Gasteiger partial charge in [0.1, 0.15) is 5.75 Å². The summed E-state index contributed by atoms with van der Waals surface area (Å²) >= 11 is 3.44. The monoisotopic (exact) mass is 291 g/mol. The van der Waals surface area contributed by atoms with Gasteiger partial charge in [-0.05, 0) is 36.2 Å². The van der Waals surface area contributed by atoms with Gasteiger partial charge in [0, 0.05) is 22.8 Å². The molecule has 2 aromatic carbocycles. The molecular weight excluding hydrogens is 278 g/mol. The lowest BCUT2D eigenvalue weighted by Gasteiger charge is -2.08. The van der Waals surface area contributed by atoms with E-state index in [0.717, 1.165) is 22.3 Å². The van der Waals surface area contributed by atoms with E-state index in [1.807, 2.05) is 31.2 Å². The number of anilines is 1. The highest BCUT2D eigenvalue weighted by molar-refractivity contribution is 9.10. The van der Waals surface area contributed by atoms with Crippen LogP contribution >= 0.6 is 15.9 Å². The number of aromatic hydroxyl groups is 1. The molecular formula is C14H14BrNO. The fraction of sp³-hybridized carbons (Fsp3) is 0.143. The topological polar surface area (TPSA) is 32.3 Å². The van der Waals surface area contributed by atoms with E-state index in [1.165, 1.54) is 5.56 Å². The second-order valence-electron chi connectivity index (χ2n) is 3.98. The maximum atomic E-state index is 9.59. The normalized spacial score (nSPS) is 10.2. The van der Waals surface area contributed by atoms with Crippen LogP contribution in [0.2, 0.25) is 0 Å². The second-order valence-corrected chi connectivity index (χ2v) is 4.90. The predicted octanol–water partition coefficient (Wildman–Crippen LogP) is 4.08. The van der Waals surface area contributed by atoms with Gasteiger partial charge in [0.05, 0.1) is 0 Å². The minimum Gasteiger partial charge on any atom is -0.508 e. The quantitative estimate of drug-likeness (QED) is 0.893. The summed E-state index contributed by atoms with van der Waals surface area (Å²) in [5.41, 5.74) is 3.01. The third-order valence-corrected chi connectivity index (χ3v) is 3.09. The minimum atomic E-state index is 0.323. The number of hydrogen-bond donors (Lipinski definition) is 2. The molecule has 0 saturated carbocycles.